The third-order valence-corrected chi connectivity index (χ3v) is 5.56. The van der Waals surface area contributed by atoms with E-state index in [9.17, 15) is 0 Å². The van der Waals surface area contributed by atoms with Crippen LogP contribution in [0.5, 0.6) is 0 Å². The largest absolute Gasteiger partial charge is 0.312 e. The van der Waals surface area contributed by atoms with Gasteiger partial charge < -0.3 is 10.6 Å². The lowest BCUT2D eigenvalue weighted by Crippen LogP contribution is -2.17. The van der Waals surface area contributed by atoms with Crippen LogP contribution in [-0.4, -0.2) is 24.6 Å². The monoisotopic (exact) mass is 404 g/mol. The molecule has 2 N–H and O–H groups in total. The van der Waals surface area contributed by atoms with Gasteiger partial charge in [0.15, 0.2) is 0 Å². The zero-order chi connectivity index (χ0) is 15.3. The Morgan fingerprint density at radius 2 is 0.958 bits per heavy atom. The predicted molar refractivity (Wildman–Crippen MR) is 116 cm³/mol. The van der Waals surface area contributed by atoms with E-state index in [0.717, 1.165) is 37.7 Å². The van der Waals surface area contributed by atoms with Crippen LogP contribution < -0.4 is 10.6 Å². The second kappa shape index (κ2) is 16.1. The number of benzene rings is 2. The van der Waals surface area contributed by atoms with Gasteiger partial charge in [0.1, 0.15) is 0 Å². The highest BCUT2D eigenvalue weighted by Crippen LogP contribution is 2.19. The van der Waals surface area contributed by atoms with Crippen LogP contribution >= 0.6 is 46.4 Å². The van der Waals surface area contributed by atoms with Crippen molar-refractivity contribution in [2.45, 2.75) is 13.1 Å². The fourth-order valence-electron chi connectivity index (χ4n) is 2.00. The third-order valence-electron chi connectivity index (χ3n) is 3.15. The van der Waals surface area contributed by atoms with Crippen LogP contribution in [0.2, 0.25) is 0 Å². The Bertz CT molecular complexity index is 453. The summed E-state index contributed by atoms with van der Waals surface area (Å²) in [5.74, 6) is 2.30. The summed E-state index contributed by atoms with van der Waals surface area (Å²) in [7, 11) is 3.90. The van der Waals surface area contributed by atoms with Crippen molar-refractivity contribution in [3.05, 3.63) is 71.8 Å². The third kappa shape index (κ3) is 11.2. The summed E-state index contributed by atoms with van der Waals surface area (Å²) in [5, 5.41) is 6.95. The lowest BCUT2D eigenvalue weighted by atomic mass is 10.2. The first-order valence-corrected chi connectivity index (χ1v) is 10.2. The van der Waals surface area contributed by atoms with Crippen molar-refractivity contribution in [3.63, 3.8) is 0 Å². The average molecular weight is 405 g/mol. The quantitative estimate of drug-likeness (QED) is 0.415. The summed E-state index contributed by atoms with van der Waals surface area (Å²) >= 11 is 0. The summed E-state index contributed by atoms with van der Waals surface area (Å²) in [6.45, 7) is 4.05. The highest BCUT2D eigenvalue weighted by Gasteiger charge is 1.94. The molecule has 0 fully saturated rings. The molecule has 2 rings (SSSR count). The van der Waals surface area contributed by atoms with Gasteiger partial charge in [0.05, 0.1) is 0 Å². The van der Waals surface area contributed by atoms with Crippen LogP contribution in [0.15, 0.2) is 60.7 Å². The van der Waals surface area contributed by atoms with Gasteiger partial charge in [-0.15, -0.1) is 24.8 Å². The van der Waals surface area contributed by atoms with Gasteiger partial charge in [0, 0.05) is 37.7 Å². The molecule has 0 radical (unpaired) electrons. The molecule has 0 unspecified atom stereocenters. The molecule has 0 amide bonds. The van der Waals surface area contributed by atoms with Crippen LogP contribution in [0.3, 0.4) is 0 Å². The van der Waals surface area contributed by atoms with Gasteiger partial charge in [-0.05, 0) is 11.1 Å². The molecule has 0 aromatic heterocycles. The van der Waals surface area contributed by atoms with Crippen molar-refractivity contribution in [2.75, 3.05) is 24.6 Å². The van der Waals surface area contributed by atoms with Crippen LogP contribution in [0.1, 0.15) is 11.1 Å². The van der Waals surface area contributed by atoms with E-state index in [1.165, 1.54) is 11.1 Å². The van der Waals surface area contributed by atoms with Crippen LogP contribution in [0.4, 0.5) is 0 Å². The Hall–Kier alpha value is -0.360. The predicted octanol–water partition coefficient (Wildman–Crippen LogP) is 4.79. The molecule has 2 aromatic rings. The van der Waals surface area contributed by atoms with E-state index in [1.807, 2.05) is 21.6 Å². The summed E-state index contributed by atoms with van der Waals surface area (Å²) < 4.78 is 0. The van der Waals surface area contributed by atoms with E-state index in [-0.39, 0.29) is 24.8 Å². The number of halogens is 2. The Kier molecular flexibility index (Phi) is 15.9. The lowest BCUT2D eigenvalue weighted by Gasteiger charge is -2.06. The Morgan fingerprint density at radius 1 is 0.583 bits per heavy atom. The normalized spacial score (nSPS) is 9.83. The molecular formula is C18H26Cl2N2S2. The minimum atomic E-state index is 0. The maximum atomic E-state index is 3.48. The SMILES string of the molecule is Cl.Cl.c1ccc(CNCCSSCCNCc2ccccc2)cc1. The van der Waals surface area contributed by atoms with E-state index < -0.39 is 0 Å². The smallest absolute Gasteiger partial charge is 0.0205 e. The molecular weight excluding hydrogens is 379 g/mol. The molecule has 2 aromatic carbocycles. The second-order valence-corrected chi connectivity index (χ2v) is 7.67. The van der Waals surface area contributed by atoms with E-state index in [1.54, 1.807) is 0 Å². The maximum absolute atomic E-state index is 3.48. The zero-order valence-electron chi connectivity index (χ0n) is 13.6. The molecule has 0 saturated carbocycles. The minimum Gasteiger partial charge on any atom is -0.312 e. The first-order chi connectivity index (χ1) is 10.9. The Labute approximate surface area is 166 Å². The topological polar surface area (TPSA) is 24.1 Å². The zero-order valence-corrected chi connectivity index (χ0v) is 16.9. The fraction of sp³-hybridized carbons (Fsp3) is 0.333. The standard InChI is InChI=1S/C18H24N2S2.2ClH/c1-3-7-17(8-4-1)15-19-11-13-21-22-14-12-20-16-18-9-5-2-6-10-18;;/h1-10,19-20H,11-16H2;2*1H. The van der Waals surface area contributed by atoms with Crippen molar-refractivity contribution < 1.29 is 0 Å². The molecule has 0 bridgehead atoms. The van der Waals surface area contributed by atoms with E-state index in [4.69, 9.17) is 0 Å². The van der Waals surface area contributed by atoms with Crippen molar-refractivity contribution in [1.29, 1.82) is 0 Å². The fourth-order valence-corrected chi connectivity index (χ4v) is 3.90. The number of hydrogen-bond donors (Lipinski definition) is 2. The number of rotatable bonds is 11. The summed E-state index contributed by atoms with van der Waals surface area (Å²) in [5.41, 5.74) is 2.70. The van der Waals surface area contributed by atoms with E-state index in [0.29, 0.717) is 0 Å². The summed E-state index contributed by atoms with van der Waals surface area (Å²) in [4.78, 5) is 0. The van der Waals surface area contributed by atoms with Crippen molar-refractivity contribution >= 4 is 46.4 Å². The highest BCUT2D eigenvalue weighted by molar-refractivity contribution is 8.76. The van der Waals surface area contributed by atoms with E-state index in [2.05, 4.69) is 71.3 Å². The first kappa shape index (κ1) is 23.6. The van der Waals surface area contributed by atoms with Gasteiger partial charge >= 0.3 is 0 Å². The molecule has 0 heterocycles. The van der Waals surface area contributed by atoms with Gasteiger partial charge in [-0.1, -0.05) is 82.3 Å². The molecule has 0 aliphatic carbocycles. The van der Waals surface area contributed by atoms with Gasteiger partial charge in [-0.2, -0.15) is 0 Å². The van der Waals surface area contributed by atoms with Gasteiger partial charge in [0.2, 0.25) is 0 Å². The van der Waals surface area contributed by atoms with Crippen molar-refractivity contribution in [2.24, 2.45) is 0 Å². The molecule has 6 heteroatoms. The van der Waals surface area contributed by atoms with Crippen molar-refractivity contribution in [3.8, 4) is 0 Å². The van der Waals surface area contributed by atoms with Gasteiger partial charge in [-0.3, -0.25) is 0 Å². The number of hydrogen-bond acceptors (Lipinski definition) is 4. The van der Waals surface area contributed by atoms with Crippen LogP contribution in [-0.2, 0) is 13.1 Å². The van der Waals surface area contributed by atoms with Crippen molar-refractivity contribution in [1.82, 2.24) is 10.6 Å². The molecule has 0 saturated heterocycles. The van der Waals surface area contributed by atoms with Gasteiger partial charge in [0.25, 0.3) is 0 Å². The van der Waals surface area contributed by atoms with Crippen LogP contribution in [0.25, 0.3) is 0 Å². The average Bonchev–Trinajstić information content (AvgIpc) is 2.58. The maximum Gasteiger partial charge on any atom is 0.0205 e. The summed E-state index contributed by atoms with van der Waals surface area (Å²) in [6.07, 6.45) is 0. The minimum absolute atomic E-state index is 0. The molecule has 0 aliphatic heterocycles. The lowest BCUT2D eigenvalue weighted by molar-refractivity contribution is 0.731. The van der Waals surface area contributed by atoms with Crippen LogP contribution in [0, 0.1) is 0 Å². The highest BCUT2D eigenvalue weighted by atomic mass is 35.5. The molecule has 0 spiro atoms. The van der Waals surface area contributed by atoms with E-state index >= 15 is 0 Å². The number of nitrogens with one attached hydrogen (secondary N) is 2. The Morgan fingerprint density at radius 3 is 1.33 bits per heavy atom. The Balaban J connectivity index is 0.00000264. The molecule has 134 valence electrons. The molecule has 2 nitrogen and oxygen atoms in total. The molecule has 0 aliphatic rings. The molecule has 0 atom stereocenters. The molecule has 24 heavy (non-hydrogen) atoms. The second-order valence-electron chi connectivity index (χ2n) is 4.97. The first-order valence-electron chi connectivity index (χ1n) is 7.69. The van der Waals surface area contributed by atoms with Gasteiger partial charge in [-0.25, -0.2) is 0 Å². The summed E-state index contributed by atoms with van der Waals surface area (Å²) in [6, 6.07) is 21.1.